The highest BCUT2D eigenvalue weighted by Gasteiger charge is 2.51. The second-order valence-corrected chi connectivity index (χ2v) is 3.68. The Morgan fingerprint density at radius 1 is 1.31 bits per heavy atom. The Balaban J connectivity index is 2.54. The van der Waals surface area contributed by atoms with Crippen molar-refractivity contribution in [3.05, 3.63) is 36.3 Å². The molecule has 2 heterocycles. The van der Waals surface area contributed by atoms with Crippen molar-refractivity contribution < 1.29 is 18.3 Å². The quantitative estimate of drug-likeness (QED) is 0.814. The van der Waals surface area contributed by atoms with E-state index in [9.17, 15) is 18.3 Å². The molecule has 0 bridgehead atoms. The van der Waals surface area contributed by atoms with E-state index < -0.39 is 11.8 Å². The van der Waals surface area contributed by atoms with Crippen molar-refractivity contribution in [3.8, 4) is 0 Å². The van der Waals surface area contributed by atoms with Crippen molar-refractivity contribution in [2.24, 2.45) is 0 Å². The van der Waals surface area contributed by atoms with Crippen LogP contribution in [0.1, 0.15) is 12.5 Å². The number of rotatable bonds is 1. The topological polar surface area (TPSA) is 37.5 Å². The van der Waals surface area contributed by atoms with Crippen LogP contribution in [0.3, 0.4) is 0 Å². The van der Waals surface area contributed by atoms with Crippen molar-refractivity contribution in [2.45, 2.75) is 18.7 Å². The van der Waals surface area contributed by atoms with E-state index in [1.54, 1.807) is 10.6 Å². The molecule has 0 saturated carbocycles. The number of fused-ring (bicyclic) bond motifs is 1. The lowest BCUT2D eigenvalue weighted by Crippen LogP contribution is -2.39. The van der Waals surface area contributed by atoms with E-state index in [0.29, 0.717) is 5.65 Å². The molecule has 2 aromatic heterocycles. The van der Waals surface area contributed by atoms with Crippen LogP contribution >= 0.6 is 0 Å². The molecule has 2 aromatic rings. The first kappa shape index (κ1) is 10.9. The van der Waals surface area contributed by atoms with Crippen LogP contribution in [0.4, 0.5) is 13.2 Å². The van der Waals surface area contributed by atoms with E-state index in [2.05, 4.69) is 4.98 Å². The molecule has 2 rings (SSSR count). The van der Waals surface area contributed by atoms with Gasteiger partial charge in [0.25, 0.3) is 0 Å². The Morgan fingerprint density at radius 2 is 2.00 bits per heavy atom. The number of imidazole rings is 1. The molecule has 1 atom stereocenters. The summed E-state index contributed by atoms with van der Waals surface area (Å²) < 4.78 is 39.3. The normalized spacial score (nSPS) is 16.3. The standard InChI is InChI=1S/C10H9F3N2O/c1-9(16,10(11,12)13)7-2-4-15-5-3-14-8(15)6-7/h2-6,16H,1H3. The van der Waals surface area contributed by atoms with Gasteiger partial charge < -0.3 is 9.51 Å². The highest BCUT2D eigenvalue weighted by atomic mass is 19.4. The highest BCUT2D eigenvalue weighted by Crippen LogP contribution is 2.38. The van der Waals surface area contributed by atoms with Gasteiger partial charge in [-0.15, -0.1) is 0 Å². The number of aromatic nitrogens is 2. The lowest BCUT2D eigenvalue weighted by atomic mass is 9.96. The summed E-state index contributed by atoms with van der Waals surface area (Å²) in [4.78, 5) is 3.86. The van der Waals surface area contributed by atoms with Gasteiger partial charge >= 0.3 is 6.18 Å². The average molecular weight is 230 g/mol. The Hall–Kier alpha value is -1.56. The van der Waals surface area contributed by atoms with Gasteiger partial charge in [-0.2, -0.15) is 13.2 Å². The third-order valence-electron chi connectivity index (χ3n) is 2.51. The fourth-order valence-electron chi connectivity index (χ4n) is 1.38. The zero-order valence-electron chi connectivity index (χ0n) is 8.36. The first-order valence-electron chi connectivity index (χ1n) is 4.55. The number of hydrogen-bond donors (Lipinski definition) is 1. The van der Waals surface area contributed by atoms with Gasteiger partial charge in [0.05, 0.1) is 0 Å². The average Bonchev–Trinajstić information content (AvgIpc) is 2.61. The maximum absolute atomic E-state index is 12.6. The van der Waals surface area contributed by atoms with E-state index in [-0.39, 0.29) is 5.56 Å². The second-order valence-electron chi connectivity index (χ2n) is 3.68. The summed E-state index contributed by atoms with van der Waals surface area (Å²) >= 11 is 0. The highest BCUT2D eigenvalue weighted by molar-refractivity contribution is 5.43. The summed E-state index contributed by atoms with van der Waals surface area (Å²) in [5, 5.41) is 9.46. The van der Waals surface area contributed by atoms with Gasteiger partial charge in [0.15, 0.2) is 5.60 Å². The minimum atomic E-state index is -4.71. The molecule has 0 fully saturated rings. The van der Waals surface area contributed by atoms with Crippen LogP contribution in [0, 0.1) is 0 Å². The number of halogens is 3. The van der Waals surface area contributed by atoms with Gasteiger partial charge in [-0.05, 0) is 24.6 Å². The first-order valence-corrected chi connectivity index (χ1v) is 4.55. The zero-order chi connectivity index (χ0) is 12.0. The van der Waals surface area contributed by atoms with Crippen LogP contribution in [0.2, 0.25) is 0 Å². The van der Waals surface area contributed by atoms with E-state index >= 15 is 0 Å². The van der Waals surface area contributed by atoms with E-state index in [1.165, 1.54) is 24.5 Å². The SMILES string of the molecule is CC(O)(c1ccn2ccnc2c1)C(F)(F)F. The van der Waals surface area contributed by atoms with E-state index in [0.717, 1.165) is 6.92 Å². The minimum Gasteiger partial charge on any atom is -0.376 e. The van der Waals surface area contributed by atoms with Gasteiger partial charge in [0.1, 0.15) is 5.65 Å². The third-order valence-corrected chi connectivity index (χ3v) is 2.51. The van der Waals surface area contributed by atoms with E-state index in [4.69, 9.17) is 0 Å². The predicted octanol–water partition coefficient (Wildman–Crippen LogP) is 2.10. The van der Waals surface area contributed by atoms with Crippen molar-refractivity contribution in [1.82, 2.24) is 9.38 Å². The molecular formula is C10H9F3N2O. The fraction of sp³-hybridized carbons (Fsp3) is 0.300. The van der Waals surface area contributed by atoms with Crippen LogP contribution in [0.15, 0.2) is 30.7 Å². The van der Waals surface area contributed by atoms with Gasteiger partial charge in [0, 0.05) is 18.6 Å². The molecule has 0 amide bonds. The summed E-state index contributed by atoms with van der Waals surface area (Å²) in [5.74, 6) is 0. The Bertz CT molecular complexity index is 516. The number of hydrogen-bond acceptors (Lipinski definition) is 2. The summed E-state index contributed by atoms with van der Waals surface area (Å²) in [6.07, 6.45) is -0.196. The molecule has 0 aliphatic carbocycles. The van der Waals surface area contributed by atoms with Crippen molar-refractivity contribution >= 4 is 5.65 Å². The molecular weight excluding hydrogens is 221 g/mol. The lowest BCUT2D eigenvalue weighted by molar-refractivity contribution is -0.258. The first-order chi connectivity index (χ1) is 7.32. The Morgan fingerprint density at radius 3 is 2.62 bits per heavy atom. The zero-order valence-corrected chi connectivity index (χ0v) is 8.36. The van der Waals surface area contributed by atoms with Crippen LogP contribution in [0.25, 0.3) is 5.65 Å². The summed E-state index contributed by atoms with van der Waals surface area (Å²) in [5.41, 5.74) is -2.72. The number of aliphatic hydroxyl groups is 1. The minimum absolute atomic E-state index is 0.223. The van der Waals surface area contributed by atoms with Gasteiger partial charge in [-0.1, -0.05) is 0 Å². The predicted molar refractivity (Wildman–Crippen MR) is 50.8 cm³/mol. The summed E-state index contributed by atoms with van der Waals surface area (Å²) in [7, 11) is 0. The van der Waals surface area contributed by atoms with Crippen molar-refractivity contribution in [3.63, 3.8) is 0 Å². The molecule has 16 heavy (non-hydrogen) atoms. The largest absolute Gasteiger partial charge is 0.421 e. The smallest absolute Gasteiger partial charge is 0.376 e. The summed E-state index contributed by atoms with van der Waals surface area (Å²) in [6.45, 7) is 0.724. The maximum Gasteiger partial charge on any atom is 0.421 e. The van der Waals surface area contributed by atoms with Crippen LogP contribution < -0.4 is 0 Å². The number of nitrogens with zero attached hydrogens (tertiary/aromatic N) is 2. The van der Waals surface area contributed by atoms with Crippen LogP contribution in [-0.4, -0.2) is 20.7 Å². The molecule has 1 unspecified atom stereocenters. The fourth-order valence-corrected chi connectivity index (χ4v) is 1.38. The molecule has 0 radical (unpaired) electrons. The molecule has 0 aliphatic heterocycles. The third kappa shape index (κ3) is 1.55. The molecule has 0 saturated heterocycles. The number of pyridine rings is 1. The molecule has 1 N–H and O–H groups in total. The molecule has 0 aliphatic rings. The van der Waals surface area contributed by atoms with Crippen LogP contribution in [-0.2, 0) is 5.60 Å². The monoisotopic (exact) mass is 230 g/mol. The number of alkyl halides is 3. The molecule has 6 heteroatoms. The lowest BCUT2D eigenvalue weighted by Gasteiger charge is -2.26. The molecule has 3 nitrogen and oxygen atoms in total. The maximum atomic E-state index is 12.6. The second kappa shape index (κ2) is 3.21. The van der Waals surface area contributed by atoms with Crippen molar-refractivity contribution in [1.29, 1.82) is 0 Å². The van der Waals surface area contributed by atoms with Gasteiger partial charge in [-0.3, -0.25) is 0 Å². The Kier molecular flexibility index (Phi) is 2.20. The summed E-state index contributed by atoms with van der Waals surface area (Å²) in [6, 6.07) is 2.44. The van der Waals surface area contributed by atoms with Crippen LogP contribution in [0.5, 0.6) is 0 Å². The van der Waals surface area contributed by atoms with E-state index in [1.807, 2.05) is 0 Å². The molecule has 86 valence electrons. The molecule has 0 spiro atoms. The van der Waals surface area contributed by atoms with Gasteiger partial charge in [-0.25, -0.2) is 4.98 Å². The van der Waals surface area contributed by atoms with Crippen molar-refractivity contribution in [2.75, 3.05) is 0 Å². The molecule has 0 aromatic carbocycles. The van der Waals surface area contributed by atoms with Gasteiger partial charge in [0.2, 0.25) is 0 Å². The Labute approximate surface area is 89.2 Å².